The molecule has 0 radical (unpaired) electrons. The van der Waals surface area contributed by atoms with Crippen LogP contribution in [0.1, 0.15) is 34.7 Å². The third-order valence-electron chi connectivity index (χ3n) is 4.12. The SMILES string of the molecule is CCOC(=O)C1=C(COC(=O)c2cnc(C)cn2)NC(=O)N[C@H]1c1ccccc1. The predicted molar refractivity (Wildman–Crippen MR) is 102 cm³/mol. The van der Waals surface area contributed by atoms with Gasteiger partial charge in [-0.3, -0.25) is 4.98 Å². The second-order valence-corrected chi connectivity index (χ2v) is 6.17. The number of hydrogen-bond acceptors (Lipinski definition) is 7. The fourth-order valence-electron chi connectivity index (χ4n) is 2.79. The zero-order chi connectivity index (χ0) is 20.8. The van der Waals surface area contributed by atoms with Gasteiger partial charge in [0.2, 0.25) is 0 Å². The molecular weight excluding hydrogens is 376 g/mol. The maximum absolute atomic E-state index is 12.6. The number of aromatic nitrogens is 2. The van der Waals surface area contributed by atoms with Crippen LogP contribution in [0.5, 0.6) is 0 Å². The minimum absolute atomic E-state index is 0.0220. The van der Waals surface area contributed by atoms with Crippen molar-refractivity contribution < 1.29 is 23.9 Å². The zero-order valence-corrected chi connectivity index (χ0v) is 16.0. The van der Waals surface area contributed by atoms with Crippen molar-refractivity contribution in [2.45, 2.75) is 19.9 Å². The number of carbonyl (C=O) groups is 3. The van der Waals surface area contributed by atoms with Crippen LogP contribution in [-0.4, -0.2) is 41.2 Å². The van der Waals surface area contributed by atoms with Crippen LogP contribution in [-0.2, 0) is 14.3 Å². The van der Waals surface area contributed by atoms with Gasteiger partial charge in [-0.1, -0.05) is 30.3 Å². The highest BCUT2D eigenvalue weighted by Gasteiger charge is 2.34. The molecule has 3 rings (SSSR count). The van der Waals surface area contributed by atoms with Crippen LogP contribution in [0.4, 0.5) is 4.79 Å². The molecule has 0 bridgehead atoms. The van der Waals surface area contributed by atoms with Gasteiger partial charge in [-0.15, -0.1) is 0 Å². The van der Waals surface area contributed by atoms with Gasteiger partial charge in [0.15, 0.2) is 5.69 Å². The molecule has 9 heteroatoms. The maximum atomic E-state index is 12.6. The van der Waals surface area contributed by atoms with E-state index in [2.05, 4.69) is 20.6 Å². The summed E-state index contributed by atoms with van der Waals surface area (Å²) in [7, 11) is 0. The summed E-state index contributed by atoms with van der Waals surface area (Å²) >= 11 is 0. The van der Waals surface area contributed by atoms with E-state index >= 15 is 0 Å². The fourth-order valence-corrected chi connectivity index (χ4v) is 2.79. The summed E-state index contributed by atoms with van der Waals surface area (Å²) in [4.78, 5) is 45.0. The molecule has 2 N–H and O–H groups in total. The molecule has 150 valence electrons. The van der Waals surface area contributed by atoms with Gasteiger partial charge in [0.05, 0.1) is 35.8 Å². The minimum atomic E-state index is -0.739. The summed E-state index contributed by atoms with van der Waals surface area (Å²) in [5.41, 5.74) is 1.69. The van der Waals surface area contributed by atoms with Crippen LogP contribution in [0.2, 0.25) is 0 Å². The van der Waals surface area contributed by atoms with Crippen molar-refractivity contribution in [3.05, 3.63) is 70.9 Å². The van der Waals surface area contributed by atoms with Crippen LogP contribution in [0.15, 0.2) is 54.0 Å². The van der Waals surface area contributed by atoms with Crippen molar-refractivity contribution in [2.24, 2.45) is 0 Å². The first-order valence-corrected chi connectivity index (χ1v) is 8.98. The van der Waals surface area contributed by atoms with Crippen molar-refractivity contribution in [1.82, 2.24) is 20.6 Å². The minimum Gasteiger partial charge on any atom is -0.463 e. The molecule has 29 heavy (non-hydrogen) atoms. The van der Waals surface area contributed by atoms with E-state index in [9.17, 15) is 14.4 Å². The first-order valence-electron chi connectivity index (χ1n) is 8.98. The Bertz CT molecular complexity index is 941. The Labute approximate surface area is 167 Å². The van der Waals surface area contributed by atoms with E-state index < -0.39 is 24.0 Å². The van der Waals surface area contributed by atoms with Gasteiger partial charge < -0.3 is 20.1 Å². The van der Waals surface area contributed by atoms with Crippen molar-refractivity contribution in [3.63, 3.8) is 0 Å². The highest BCUT2D eigenvalue weighted by molar-refractivity contribution is 5.95. The Hall–Kier alpha value is -3.75. The van der Waals surface area contributed by atoms with Crippen LogP contribution >= 0.6 is 0 Å². The Morgan fingerprint density at radius 3 is 2.48 bits per heavy atom. The lowest BCUT2D eigenvalue weighted by Gasteiger charge is -2.29. The number of rotatable bonds is 6. The van der Waals surface area contributed by atoms with Crippen LogP contribution < -0.4 is 10.6 Å². The molecule has 0 spiro atoms. The molecule has 0 saturated carbocycles. The number of amides is 2. The summed E-state index contributed by atoms with van der Waals surface area (Å²) in [5, 5.41) is 5.24. The lowest BCUT2D eigenvalue weighted by atomic mass is 9.95. The number of ether oxygens (including phenoxy) is 2. The molecule has 1 aliphatic heterocycles. The lowest BCUT2D eigenvalue weighted by molar-refractivity contribution is -0.139. The predicted octanol–water partition coefficient (Wildman–Crippen LogP) is 1.81. The summed E-state index contributed by atoms with van der Waals surface area (Å²) in [6, 6.07) is 7.71. The molecule has 0 fully saturated rings. The Morgan fingerprint density at radius 1 is 1.07 bits per heavy atom. The second-order valence-electron chi connectivity index (χ2n) is 6.17. The maximum Gasteiger partial charge on any atom is 0.358 e. The first kappa shape index (κ1) is 20.0. The Balaban J connectivity index is 1.89. The molecule has 0 saturated heterocycles. The van der Waals surface area contributed by atoms with E-state index in [1.54, 1.807) is 38.1 Å². The molecule has 2 amide bonds. The number of carbonyl (C=O) groups excluding carboxylic acids is 3. The number of aryl methyl sites for hydroxylation is 1. The molecule has 0 aliphatic carbocycles. The van der Waals surface area contributed by atoms with Crippen LogP contribution in [0.3, 0.4) is 0 Å². The standard InChI is InChI=1S/C20H20N4O5/c1-3-28-19(26)16-15(11-29-18(25)14-10-21-12(2)9-22-14)23-20(27)24-17(16)13-7-5-4-6-8-13/h4-10,17H,3,11H2,1-2H3,(H2,23,24,27)/t17-/m0/s1. The van der Waals surface area contributed by atoms with Gasteiger partial charge in [-0.05, 0) is 19.4 Å². The third kappa shape index (κ3) is 4.75. The van der Waals surface area contributed by atoms with E-state index in [1.807, 2.05) is 6.07 Å². The Kier molecular flexibility index (Phi) is 6.18. The van der Waals surface area contributed by atoms with Crippen LogP contribution in [0, 0.1) is 6.92 Å². The van der Waals surface area contributed by atoms with E-state index in [0.29, 0.717) is 11.3 Å². The summed E-state index contributed by atoms with van der Waals surface area (Å²) in [5.74, 6) is -1.34. The second kappa shape index (κ2) is 8.96. The van der Waals surface area contributed by atoms with E-state index in [0.717, 1.165) is 0 Å². The summed E-state index contributed by atoms with van der Waals surface area (Å²) < 4.78 is 10.4. The average Bonchev–Trinajstić information content (AvgIpc) is 2.72. The quantitative estimate of drug-likeness (QED) is 0.715. The van der Waals surface area contributed by atoms with Crippen molar-refractivity contribution >= 4 is 18.0 Å². The van der Waals surface area contributed by atoms with E-state index in [1.165, 1.54) is 12.4 Å². The topological polar surface area (TPSA) is 120 Å². The van der Waals surface area contributed by atoms with Crippen molar-refractivity contribution in [2.75, 3.05) is 13.2 Å². The number of urea groups is 1. The van der Waals surface area contributed by atoms with Gasteiger partial charge in [-0.2, -0.15) is 0 Å². The highest BCUT2D eigenvalue weighted by atomic mass is 16.5. The molecule has 1 aliphatic rings. The number of nitrogens with one attached hydrogen (secondary N) is 2. The monoisotopic (exact) mass is 396 g/mol. The zero-order valence-electron chi connectivity index (χ0n) is 16.0. The molecule has 2 aromatic rings. The van der Waals surface area contributed by atoms with E-state index in [-0.39, 0.29) is 30.2 Å². The highest BCUT2D eigenvalue weighted by Crippen LogP contribution is 2.27. The molecule has 9 nitrogen and oxygen atoms in total. The first-order chi connectivity index (χ1) is 14.0. The molecule has 2 heterocycles. The van der Waals surface area contributed by atoms with Gasteiger partial charge in [0.1, 0.15) is 6.61 Å². The van der Waals surface area contributed by atoms with E-state index in [4.69, 9.17) is 9.47 Å². The van der Waals surface area contributed by atoms with Gasteiger partial charge >= 0.3 is 18.0 Å². The number of nitrogens with zero attached hydrogens (tertiary/aromatic N) is 2. The third-order valence-corrected chi connectivity index (χ3v) is 4.12. The number of benzene rings is 1. The molecule has 1 atom stereocenters. The van der Waals surface area contributed by atoms with Gasteiger partial charge in [-0.25, -0.2) is 19.4 Å². The molecule has 0 unspecified atom stereocenters. The van der Waals surface area contributed by atoms with Gasteiger partial charge in [0, 0.05) is 6.20 Å². The normalized spacial score (nSPS) is 15.9. The number of hydrogen-bond donors (Lipinski definition) is 2. The summed E-state index contributed by atoms with van der Waals surface area (Å²) in [6.45, 7) is 3.25. The molecular formula is C20H20N4O5. The molecule has 1 aromatic carbocycles. The Morgan fingerprint density at radius 2 is 1.83 bits per heavy atom. The fraction of sp³-hybridized carbons (Fsp3) is 0.250. The average molecular weight is 396 g/mol. The van der Waals surface area contributed by atoms with Gasteiger partial charge in [0.25, 0.3) is 0 Å². The molecule has 1 aromatic heterocycles. The lowest BCUT2D eigenvalue weighted by Crippen LogP contribution is -2.47. The van der Waals surface area contributed by atoms with Crippen LogP contribution in [0.25, 0.3) is 0 Å². The smallest absolute Gasteiger partial charge is 0.358 e. The largest absolute Gasteiger partial charge is 0.463 e. The number of esters is 2. The van der Waals surface area contributed by atoms with Crippen molar-refractivity contribution in [3.8, 4) is 0 Å². The summed E-state index contributed by atoms with van der Waals surface area (Å²) in [6.07, 6.45) is 2.74. The van der Waals surface area contributed by atoms with Crippen molar-refractivity contribution in [1.29, 1.82) is 0 Å².